The molecule has 0 fully saturated rings. The van der Waals surface area contributed by atoms with Gasteiger partial charge >= 0.3 is 0 Å². The van der Waals surface area contributed by atoms with E-state index < -0.39 is 30.9 Å². The van der Waals surface area contributed by atoms with Gasteiger partial charge in [-0.1, -0.05) is 230 Å². The molecule has 4 aliphatic rings. The number of anilines is 15. The Morgan fingerprint density at radius 1 is 0.295 bits per heavy atom. The Morgan fingerprint density at radius 3 is 1.32 bits per heavy atom. The van der Waals surface area contributed by atoms with E-state index in [0.29, 0.717) is 21.7 Å². The van der Waals surface area contributed by atoms with Crippen LogP contribution in [0.2, 0.25) is 0 Å². The summed E-state index contributed by atoms with van der Waals surface area (Å²) in [6.45, 7) is -1.12. The van der Waals surface area contributed by atoms with Crippen LogP contribution in [0.4, 0.5) is 98.5 Å². The van der Waals surface area contributed by atoms with Crippen LogP contribution < -0.4 is 57.3 Å². The third kappa shape index (κ3) is 9.13. The largest absolute Gasteiger partial charge is 0.311 e. The van der Waals surface area contributed by atoms with E-state index in [1.807, 2.05) is 91.0 Å². The summed E-state index contributed by atoms with van der Waals surface area (Å²) in [4.78, 5) is 11.9. The van der Waals surface area contributed by atoms with Crippen LogP contribution in [0.3, 0.4) is 0 Å². The summed E-state index contributed by atoms with van der Waals surface area (Å²) in [5.74, 6) is -2.23. The van der Waals surface area contributed by atoms with Crippen molar-refractivity contribution in [3.63, 3.8) is 0 Å². The van der Waals surface area contributed by atoms with Crippen molar-refractivity contribution >= 4 is 143 Å². The first-order valence-corrected chi connectivity index (χ1v) is 32.8. The Hall–Kier alpha value is -11.7. The van der Waals surface area contributed by atoms with E-state index in [2.05, 4.69) is 238 Å². The lowest BCUT2D eigenvalue weighted by molar-refractivity contribution is 0.580. The number of nitrogens with zero attached hydrogens (tertiary/aromatic N) is 5. The van der Waals surface area contributed by atoms with Crippen LogP contribution in [0, 0.1) is 17.5 Å². The van der Waals surface area contributed by atoms with Crippen LogP contribution in [-0.4, -0.2) is 13.4 Å². The van der Waals surface area contributed by atoms with Gasteiger partial charge in [-0.3, -0.25) is 0 Å². The summed E-state index contributed by atoms with van der Waals surface area (Å²) in [6, 6.07) is 111. The highest BCUT2D eigenvalue weighted by Gasteiger charge is 2.50. The predicted octanol–water partition coefficient (Wildman–Crippen LogP) is 19.2. The zero-order valence-electron chi connectivity index (χ0n) is 51.1. The van der Waals surface area contributed by atoms with Crippen molar-refractivity contribution in [3.8, 4) is 22.3 Å². The zero-order valence-corrected chi connectivity index (χ0v) is 51.9. The molecule has 14 aromatic carbocycles. The smallest absolute Gasteiger partial charge is 0.252 e. The van der Waals surface area contributed by atoms with Crippen molar-refractivity contribution < 1.29 is 13.2 Å². The Bertz CT molecular complexity index is 5250. The summed E-state index contributed by atoms with van der Waals surface area (Å²) < 4.78 is 55.7. The normalized spacial score (nSPS) is 12.9. The van der Waals surface area contributed by atoms with Gasteiger partial charge in [-0.25, -0.2) is 13.2 Å². The summed E-state index contributed by atoms with van der Waals surface area (Å²) in [7, 11) is 0. The van der Waals surface area contributed by atoms with Crippen LogP contribution in [-0.2, 0) is 0 Å². The molecule has 448 valence electrons. The van der Waals surface area contributed by atoms with Gasteiger partial charge in [-0.05, 0) is 159 Å². The molecule has 18 rings (SSSR count). The monoisotopic (exact) mass is 1240 g/mol. The van der Waals surface area contributed by atoms with Gasteiger partial charge in [0.2, 0.25) is 6.71 Å². The molecular formula is C84H54B2F3N5S. The maximum Gasteiger partial charge on any atom is 0.252 e. The average Bonchev–Trinajstić information content (AvgIpc) is 0.687. The lowest BCUT2D eigenvalue weighted by Gasteiger charge is -2.46. The first-order valence-electron chi connectivity index (χ1n) is 32.0. The third-order valence-corrected chi connectivity index (χ3v) is 20.2. The van der Waals surface area contributed by atoms with Gasteiger partial charge < -0.3 is 24.5 Å². The molecule has 0 atom stereocenters. The van der Waals surface area contributed by atoms with Crippen molar-refractivity contribution in [1.29, 1.82) is 0 Å². The molecule has 4 heterocycles. The van der Waals surface area contributed by atoms with Gasteiger partial charge in [0.15, 0.2) is 5.82 Å². The lowest BCUT2D eigenvalue weighted by Crippen LogP contribution is -2.65. The molecule has 0 radical (unpaired) electrons. The summed E-state index contributed by atoms with van der Waals surface area (Å²) in [5.41, 5.74) is 20.2. The highest BCUT2D eigenvalue weighted by atomic mass is 32.2. The van der Waals surface area contributed by atoms with Gasteiger partial charge in [0.1, 0.15) is 17.3 Å². The van der Waals surface area contributed by atoms with E-state index in [4.69, 9.17) is 0 Å². The van der Waals surface area contributed by atoms with Crippen molar-refractivity contribution in [2.75, 3.05) is 24.5 Å². The molecule has 4 aliphatic heterocycles. The molecule has 14 aromatic rings. The fourth-order valence-electron chi connectivity index (χ4n) is 15.1. The van der Waals surface area contributed by atoms with Gasteiger partial charge in [-0.15, -0.1) is 0 Å². The minimum atomic E-state index is -0.827. The second kappa shape index (κ2) is 22.9. The number of halogens is 3. The second-order valence-corrected chi connectivity index (χ2v) is 25.3. The number of benzene rings is 14. The fraction of sp³-hybridized carbons (Fsp3) is 0. The number of hydrogen-bond donors (Lipinski definition) is 0. The average molecular weight is 1240 g/mol. The summed E-state index contributed by atoms with van der Waals surface area (Å²) in [6.07, 6.45) is 0. The van der Waals surface area contributed by atoms with Crippen LogP contribution in [0.25, 0.3) is 22.3 Å². The number of para-hydroxylation sites is 8. The molecule has 0 aromatic heterocycles. The Labute approximate surface area is 554 Å². The molecule has 95 heavy (non-hydrogen) atoms. The van der Waals surface area contributed by atoms with Crippen LogP contribution in [0.5, 0.6) is 0 Å². The Morgan fingerprint density at radius 2 is 0.737 bits per heavy atom. The number of fused-ring (bicyclic) bond motifs is 8. The molecular weight excluding hydrogens is 1190 g/mol. The molecule has 11 heteroatoms. The topological polar surface area (TPSA) is 16.2 Å². The summed E-state index contributed by atoms with van der Waals surface area (Å²) in [5, 5.41) is 0. The van der Waals surface area contributed by atoms with Crippen LogP contribution in [0.15, 0.2) is 337 Å². The predicted molar refractivity (Wildman–Crippen MR) is 390 cm³/mol. The number of rotatable bonds is 11. The van der Waals surface area contributed by atoms with Crippen molar-refractivity contribution in [2.45, 2.75) is 9.79 Å². The van der Waals surface area contributed by atoms with E-state index in [-0.39, 0.29) is 11.4 Å². The van der Waals surface area contributed by atoms with Crippen LogP contribution in [0.1, 0.15) is 0 Å². The Kier molecular flexibility index (Phi) is 13.5. The van der Waals surface area contributed by atoms with E-state index >= 15 is 13.2 Å². The quantitative estimate of drug-likeness (QED) is 0.119. The van der Waals surface area contributed by atoms with Crippen LogP contribution >= 0.6 is 11.8 Å². The SMILES string of the molecule is Fc1cccc(F)c1N1c2cc(N(c3ccccc3)c3ccccc3)cc3c2B(c2ccccc2N3c2ccccc2)c2cc3c(c(F)c21)Sc1cc(N(c2ccc(-c4ccccc4)cc2)c2ccccc2-c2ccccc2)cc2c1B3c1ccccc1N2c1ccccc1. The third-order valence-electron chi connectivity index (χ3n) is 19.0. The van der Waals surface area contributed by atoms with Crippen molar-refractivity contribution in [1.82, 2.24) is 0 Å². The molecule has 0 saturated heterocycles. The highest BCUT2D eigenvalue weighted by molar-refractivity contribution is 8.00. The maximum atomic E-state index is 20.4. The van der Waals surface area contributed by atoms with E-state index in [1.54, 1.807) is 4.90 Å². The lowest BCUT2D eigenvalue weighted by atomic mass is 9.31. The standard InChI is InChI=1S/C84H54B2F3N5S/c87-70-41-25-42-71(88)83(70)94-76-51-63(90(58-30-11-3-12-31-58)59-32-13-4-14-33-59)50-75-79(76)85(66-39-20-23-44-73(66)92(75)60-34-15-5-16-35-60)68-54-69-84(81(89)82(68)94)95-78-53-64(52-77-80(78)86(69)67-40-21-24-45-74(67)93(77)61-36-17-6-18-37-61)91(62-48-46-56(47-49-62)55-26-7-1-8-27-55)72-43-22-19-38-65(72)57-28-9-2-10-29-57/h1-54H. The van der Waals surface area contributed by atoms with E-state index in [1.165, 1.54) is 30.0 Å². The van der Waals surface area contributed by atoms with Gasteiger partial charge in [0.05, 0.1) is 17.1 Å². The molecule has 0 saturated carbocycles. The molecule has 0 N–H and O–H groups in total. The maximum absolute atomic E-state index is 20.4. The Balaban J connectivity index is 0.925. The molecule has 5 nitrogen and oxygen atoms in total. The highest BCUT2D eigenvalue weighted by Crippen LogP contribution is 2.53. The fourth-order valence-corrected chi connectivity index (χ4v) is 16.3. The minimum absolute atomic E-state index is 0.0848. The van der Waals surface area contributed by atoms with E-state index in [9.17, 15) is 0 Å². The molecule has 0 amide bonds. The number of hydrogen-bond acceptors (Lipinski definition) is 6. The first kappa shape index (κ1) is 56.1. The first-order chi connectivity index (χ1) is 46.9. The summed E-state index contributed by atoms with van der Waals surface area (Å²) >= 11 is 1.38. The van der Waals surface area contributed by atoms with Gasteiger partial charge in [0, 0.05) is 77.9 Å². The molecule has 0 bridgehead atoms. The van der Waals surface area contributed by atoms with Crippen molar-refractivity contribution in [3.05, 3.63) is 345 Å². The minimum Gasteiger partial charge on any atom is -0.311 e. The van der Waals surface area contributed by atoms with E-state index in [0.717, 1.165) is 117 Å². The van der Waals surface area contributed by atoms with Crippen molar-refractivity contribution in [2.24, 2.45) is 0 Å². The van der Waals surface area contributed by atoms with Gasteiger partial charge in [-0.2, -0.15) is 0 Å². The molecule has 0 aliphatic carbocycles. The zero-order chi connectivity index (χ0) is 63.3. The van der Waals surface area contributed by atoms with Gasteiger partial charge in [0.25, 0.3) is 6.71 Å². The second-order valence-electron chi connectivity index (χ2n) is 24.3. The molecule has 0 unspecified atom stereocenters. The molecule has 0 spiro atoms.